The molecule has 37 heavy (non-hydrogen) atoms. The van der Waals surface area contributed by atoms with Gasteiger partial charge in [-0.2, -0.15) is 15.0 Å². The van der Waals surface area contributed by atoms with Crippen LogP contribution in [-0.4, -0.2) is 33.6 Å². The van der Waals surface area contributed by atoms with Crippen molar-refractivity contribution in [3.63, 3.8) is 0 Å². The van der Waals surface area contributed by atoms with Gasteiger partial charge in [-0.25, -0.2) is 0 Å². The van der Waals surface area contributed by atoms with Gasteiger partial charge in [0.2, 0.25) is 5.95 Å². The van der Waals surface area contributed by atoms with Crippen LogP contribution < -0.4 is 14.8 Å². The molecule has 7 nitrogen and oxygen atoms in total. The van der Waals surface area contributed by atoms with Crippen molar-refractivity contribution in [2.45, 2.75) is 6.42 Å². The van der Waals surface area contributed by atoms with Gasteiger partial charge in [0.25, 0.3) is 0 Å². The van der Waals surface area contributed by atoms with Gasteiger partial charge in [0.1, 0.15) is 11.5 Å². The summed E-state index contributed by atoms with van der Waals surface area (Å²) in [5.74, 6) is 2.24. The molecule has 0 aliphatic rings. The lowest BCUT2D eigenvalue weighted by atomic mass is 10.1. The number of nitrogens with zero attached hydrogens (tertiary/aromatic N) is 3. The molecule has 0 spiro atoms. The van der Waals surface area contributed by atoms with Gasteiger partial charge in [-0.05, 0) is 53.1 Å². The first kappa shape index (κ1) is 22.5. The van der Waals surface area contributed by atoms with Gasteiger partial charge in [0.05, 0.1) is 12.7 Å². The Morgan fingerprint density at radius 3 is 2.54 bits per heavy atom. The molecular weight excluding hydrogens is 462 g/mol. The van der Waals surface area contributed by atoms with Crippen LogP contribution in [0.15, 0.2) is 97.2 Å². The molecule has 0 aliphatic heterocycles. The quantitative estimate of drug-likeness (QED) is 0.251. The number of aromatic nitrogens is 4. The molecule has 0 unspecified atom stereocenters. The van der Waals surface area contributed by atoms with Crippen molar-refractivity contribution in [1.29, 1.82) is 0 Å². The fourth-order valence-electron chi connectivity index (χ4n) is 4.41. The molecule has 0 saturated heterocycles. The predicted octanol–water partition coefficient (Wildman–Crippen LogP) is 6.63. The number of H-pyrrole nitrogens is 1. The SMILES string of the molecule is COc1ccccc1-c1nc(NCCc2c[nH]c3ccccc23)nc(Oc2ccc3ccccc3c2)n1. The summed E-state index contributed by atoms with van der Waals surface area (Å²) in [4.78, 5) is 17.2. The maximum absolute atomic E-state index is 6.12. The lowest BCUT2D eigenvalue weighted by Gasteiger charge is -2.12. The molecule has 0 aliphatic carbocycles. The molecule has 0 radical (unpaired) electrons. The van der Waals surface area contributed by atoms with Crippen molar-refractivity contribution in [2.75, 3.05) is 19.0 Å². The number of benzene rings is 4. The molecule has 4 aromatic carbocycles. The zero-order valence-corrected chi connectivity index (χ0v) is 20.3. The van der Waals surface area contributed by atoms with E-state index in [0.717, 1.165) is 28.3 Å². The molecule has 2 heterocycles. The lowest BCUT2D eigenvalue weighted by Crippen LogP contribution is -2.10. The highest BCUT2D eigenvalue weighted by Crippen LogP contribution is 2.30. The molecule has 182 valence electrons. The number of para-hydroxylation sites is 2. The monoisotopic (exact) mass is 487 g/mol. The number of hydrogen-bond acceptors (Lipinski definition) is 6. The van der Waals surface area contributed by atoms with Gasteiger partial charge >= 0.3 is 6.01 Å². The van der Waals surface area contributed by atoms with Crippen LogP contribution in [0.1, 0.15) is 5.56 Å². The minimum absolute atomic E-state index is 0.209. The Kier molecular flexibility index (Phi) is 6.09. The first-order valence-corrected chi connectivity index (χ1v) is 12.1. The highest BCUT2D eigenvalue weighted by Gasteiger charge is 2.14. The van der Waals surface area contributed by atoms with Crippen LogP contribution in [-0.2, 0) is 6.42 Å². The minimum Gasteiger partial charge on any atom is -0.496 e. The summed E-state index contributed by atoms with van der Waals surface area (Å²) in [6.45, 7) is 0.645. The molecule has 0 amide bonds. The van der Waals surface area contributed by atoms with Crippen molar-refractivity contribution in [3.8, 4) is 28.9 Å². The number of rotatable bonds is 8. The smallest absolute Gasteiger partial charge is 0.327 e. The van der Waals surface area contributed by atoms with E-state index in [1.165, 1.54) is 10.9 Å². The highest BCUT2D eigenvalue weighted by atomic mass is 16.5. The summed E-state index contributed by atoms with van der Waals surface area (Å²) in [5, 5.41) is 6.79. The zero-order valence-electron chi connectivity index (χ0n) is 20.3. The fourth-order valence-corrected chi connectivity index (χ4v) is 4.41. The van der Waals surface area contributed by atoms with Gasteiger partial charge in [-0.1, -0.05) is 60.7 Å². The predicted molar refractivity (Wildman–Crippen MR) is 146 cm³/mol. The molecule has 2 N–H and O–H groups in total. The Labute approximate surface area is 214 Å². The Morgan fingerprint density at radius 1 is 0.811 bits per heavy atom. The zero-order chi connectivity index (χ0) is 25.0. The Balaban J connectivity index is 1.30. The van der Waals surface area contributed by atoms with Crippen LogP contribution in [0.4, 0.5) is 5.95 Å². The summed E-state index contributed by atoms with van der Waals surface area (Å²) in [5.41, 5.74) is 3.12. The maximum atomic E-state index is 6.12. The van der Waals surface area contributed by atoms with Crippen molar-refractivity contribution in [3.05, 3.63) is 103 Å². The summed E-state index contributed by atoms with van der Waals surface area (Å²) in [6, 6.07) is 30.2. The molecule has 6 aromatic rings. The molecule has 6 rings (SSSR count). The van der Waals surface area contributed by atoms with E-state index in [0.29, 0.717) is 29.8 Å². The van der Waals surface area contributed by atoms with Crippen molar-refractivity contribution < 1.29 is 9.47 Å². The first-order valence-electron chi connectivity index (χ1n) is 12.1. The molecule has 7 heteroatoms. The van der Waals surface area contributed by atoms with E-state index in [1.54, 1.807) is 7.11 Å². The second-order valence-electron chi connectivity index (χ2n) is 8.61. The van der Waals surface area contributed by atoms with Crippen molar-refractivity contribution in [1.82, 2.24) is 19.9 Å². The molecular formula is C30H25N5O2. The summed E-state index contributed by atoms with van der Waals surface area (Å²) in [6.07, 6.45) is 2.86. The van der Waals surface area contributed by atoms with E-state index >= 15 is 0 Å². The molecule has 0 saturated carbocycles. The van der Waals surface area contributed by atoms with E-state index in [2.05, 4.69) is 49.5 Å². The third-order valence-corrected chi connectivity index (χ3v) is 6.25. The van der Waals surface area contributed by atoms with Crippen molar-refractivity contribution >= 4 is 27.6 Å². The molecule has 0 fully saturated rings. The van der Waals surface area contributed by atoms with Crippen LogP contribution >= 0.6 is 0 Å². The van der Waals surface area contributed by atoms with Gasteiger partial charge < -0.3 is 19.8 Å². The number of nitrogens with one attached hydrogen (secondary N) is 2. The van der Waals surface area contributed by atoms with E-state index < -0.39 is 0 Å². The minimum atomic E-state index is 0.209. The average molecular weight is 488 g/mol. The van der Waals surface area contributed by atoms with Crippen LogP contribution in [0, 0.1) is 0 Å². The molecule has 0 bridgehead atoms. The Hall–Kier alpha value is -4.91. The fraction of sp³-hybridized carbons (Fsp3) is 0.100. The maximum Gasteiger partial charge on any atom is 0.327 e. The lowest BCUT2D eigenvalue weighted by molar-refractivity contribution is 0.415. The van der Waals surface area contributed by atoms with Gasteiger partial charge in [0, 0.05) is 23.6 Å². The van der Waals surface area contributed by atoms with Gasteiger partial charge in [-0.15, -0.1) is 0 Å². The largest absolute Gasteiger partial charge is 0.496 e. The second-order valence-corrected chi connectivity index (χ2v) is 8.61. The molecule has 2 aromatic heterocycles. The van der Waals surface area contributed by atoms with Crippen LogP contribution in [0.25, 0.3) is 33.1 Å². The topological polar surface area (TPSA) is 85.0 Å². The molecule has 0 atom stereocenters. The normalized spacial score (nSPS) is 11.1. The van der Waals surface area contributed by atoms with Crippen LogP contribution in [0.3, 0.4) is 0 Å². The van der Waals surface area contributed by atoms with Gasteiger partial charge in [0.15, 0.2) is 5.82 Å². The Morgan fingerprint density at radius 2 is 1.62 bits per heavy atom. The number of methoxy groups -OCH3 is 1. The van der Waals surface area contributed by atoms with Crippen LogP contribution in [0.5, 0.6) is 17.5 Å². The number of fused-ring (bicyclic) bond motifs is 2. The second kappa shape index (κ2) is 9.99. The van der Waals surface area contributed by atoms with E-state index in [9.17, 15) is 0 Å². The van der Waals surface area contributed by atoms with E-state index in [-0.39, 0.29) is 6.01 Å². The number of hydrogen-bond donors (Lipinski definition) is 2. The highest BCUT2D eigenvalue weighted by molar-refractivity contribution is 5.84. The number of aromatic amines is 1. The van der Waals surface area contributed by atoms with E-state index in [4.69, 9.17) is 9.47 Å². The third kappa shape index (κ3) is 4.79. The average Bonchev–Trinajstić information content (AvgIpc) is 3.36. The third-order valence-electron chi connectivity index (χ3n) is 6.25. The van der Waals surface area contributed by atoms with Crippen molar-refractivity contribution in [2.24, 2.45) is 0 Å². The Bertz CT molecular complexity index is 1690. The van der Waals surface area contributed by atoms with Crippen LogP contribution in [0.2, 0.25) is 0 Å². The number of anilines is 1. The summed E-state index contributed by atoms with van der Waals surface area (Å²) < 4.78 is 11.7. The number of ether oxygens (including phenoxy) is 2. The summed E-state index contributed by atoms with van der Waals surface area (Å²) in [7, 11) is 1.63. The standard InChI is InChI=1S/C30H25N5O2/c1-36-27-13-7-5-11-25(27)28-33-29(31-17-16-22-19-32-26-12-6-4-10-24(22)26)35-30(34-28)37-23-15-14-20-8-2-3-9-21(20)18-23/h2-15,18-19,32H,16-17H2,1H3,(H,31,33,34,35). The van der Waals surface area contributed by atoms with E-state index in [1.807, 2.05) is 72.9 Å². The first-order chi connectivity index (χ1) is 18.3. The van der Waals surface area contributed by atoms with Gasteiger partial charge in [-0.3, -0.25) is 0 Å². The summed E-state index contributed by atoms with van der Waals surface area (Å²) >= 11 is 0.